The molecular formula is C12H12BrN3O2. The third-order valence-corrected chi connectivity index (χ3v) is 2.63. The predicted molar refractivity (Wildman–Crippen MR) is 71.4 cm³/mol. The first-order chi connectivity index (χ1) is 8.47. The van der Waals surface area contributed by atoms with Crippen LogP contribution in [0.15, 0.2) is 35.1 Å². The zero-order valence-corrected chi connectivity index (χ0v) is 11.6. The van der Waals surface area contributed by atoms with Crippen LogP contribution < -0.4 is 5.32 Å². The van der Waals surface area contributed by atoms with Gasteiger partial charge in [-0.1, -0.05) is 22.0 Å². The minimum absolute atomic E-state index is 0.120. The third-order valence-electron chi connectivity index (χ3n) is 2.27. The zero-order chi connectivity index (χ0) is 13.2. The van der Waals surface area contributed by atoms with E-state index in [0.717, 1.165) is 5.56 Å². The van der Waals surface area contributed by atoms with Crippen LogP contribution >= 0.6 is 15.9 Å². The van der Waals surface area contributed by atoms with Crippen LogP contribution in [0.3, 0.4) is 0 Å². The molecule has 0 spiro atoms. The highest BCUT2D eigenvalue weighted by molar-refractivity contribution is 9.10. The Bertz CT molecular complexity index is 547. The lowest BCUT2D eigenvalue weighted by molar-refractivity contribution is -0.117. The minimum Gasteiger partial charge on any atom is -0.423 e. The summed E-state index contributed by atoms with van der Waals surface area (Å²) < 4.78 is 4.49. The Labute approximate surface area is 113 Å². The molecule has 1 aromatic carbocycles. The Balaban J connectivity index is 2.21. The van der Waals surface area contributed by atoms with Gasteiger partial charge in [0.1, 0.15) is 0 Å². The number of nitrogens with zero attached hydrogens (tertiary/aromatic N) is 2. The van der Waals surface area contributed by atoms with Crippen LogP contribution in [0.4, 0.5) is 5.69 Å². The number of rotatable bonds is 3. The van der Waals surface area contributed by atoms with Crippen molar-refractivity contribution in [2.75, 3.05) is 5.32 Å². The van der Waals surface area contributed by atoms with E-state index in [0.29, 0.717) is 11.6 Å². The predicted octanol–water partition coefficient (Wildman–Crippen LogP) is 2.85. The van der Waals surface area contributed by atoms with Crippen molar-refractivity contribution >= 4 is 27.5 Å². The van der Waals surface area contributed by atoms with Gasteiger partial charge in [0.05, 0.1) is 4.32 Å². The second-order valence-electron chi connectivity index (χ2n) is 4.25. The van der Waals surface area contributed by atoms with Crippen molar-refractivity contribution in [3.63, 3.8) is 0 Å². The van der Waals surface area contributed by atoms with E-state index in [-0.39, 0.29) is 5.91 Å². The molecule has 2 rings (SSSR count). The summed E-state index contributed by atoms with van der Waals surface area (Å²) in [6, 6.07) is 7.24. The quantitative estimate of drug-likeness (QED) is 0.885. The van der Waals surface area contributed by atoms with Crippen LogP contribution in [0.2, 0.25) is 0 Å². The summed E-state index contributed by atoms with van der Waals surface area (Å²) in [5.74, 6) is 0.300. The summed E-state index contributed by atoms with van der Waals surface area (Å²) in [5.41, 5.74) is 1.45. The van der Waals surface area contributed by atoms with E-state index in [4.69, 9.17) is 4.42 Å². The lowest BCUT2D eigenvalue weighted by atomic mass is 10.1. The highest BCUT2D eigenvalue weighted by Crippen LogP contribution is 2.23. The van der Waals surface area contributed by atoms with E-state index < -0.39 is 4.32 Å². The van der Waals surface area contributed by atoms with Crippen LogP contribution in [0, 0.1) is 0 Å². The van der Waals surface area contributed by atoms with Crippen molar-refractivity contribution in [3.8, 4) is 11.5 Å². The van der Waals surface area contributed by atoms with Crippen LogP contribution in [0.5, 0.6) is 0 Å². The number of carbonyl (C=O) groups is 1. The molecule has 1 N–H and O–H groups in total. The first-order valence-corrected chi connectivity index (χ1v) is 6.13. The average Bonchev–Trinajstić information content (AvgIpc) is 2.81. The van der Waals surface area contributed by atoms with Gasteiger partial charge in [-0.25, -0.2) is 0 Å². The van der Waals surface area contributed by atoms with Gasteiger partial charge in [0.25, 0.3) is 0 Å². The van der Waals surface area contributed by atoms with Gasteiger partial charge in [-0.3, -0.25) is 4.79 Å². The van der Waals surface area contributed by atoms with Gasteiger partial charge in [0, 0.05) is 11.3 Å². The van der Waals surface area contributed by atoms with Crippen molar-refractivity contribution in [2.45, 2.75) is 18.2 Å². The average molecular weight is 310 g/mol. The molecule has 1 aromatic heterocycles. The van der Waals surface area contributed by atoms with Crippen molar-refractivity contribution in [1.82, 2.24) is 10.2 Å². The maximum absolute atomic E-state index is 11.8. The highest BCUT2D eigenvalue weighted by atomic mass is 79.9. The minimum atomic E-state index is -0.618. The molecule has 0 bridgehead atoms. The van der Waals surface area contributed by atoms with E-state index in [1.165, 1.54) is 6.39 Å². The zero-order valence-electron chi connectivity index (χ0n) is 9.98. The molecule has 1 heterocycles. The summed E-state index contributed by atoms with van der Waals surface area (Å²) in [6.45, 7) is 3.56. The summed E-state index contributed by atoms with van der Waals surface area (Å²) in [6.07, 6.45) is 1.27. The molecule has 0 atom stereocenters. The van der Waals surface area contributed by atoms with Crippen LogP contribution in [0.1, 0.15) is 13.8 Å². The molecule has 0 aliphatic rings. The summed E-state index contributed by atoms with van der Waals surface area (Å²) in [4.78, 5) is 11.8. The normalized spacial score (nSPS) is 11.3. The fourth-order valence-corrected chi connectivity index (χ4v) is 1.41. The number of halogens is 1. The number of hydrogen-bond donors (Lipinski definition) is 1. The molecule has 0 saturated carbocycles. The maximum Gasteiger partial charge on any atom is 0.247 e. The topological polar surface area (TPSA) is 68.0 Å². The second kappa shape index (κ2) is 4.89. The summed E-state index contributed by atoms with van der Waals surface area (Å²) in [5, 5.41) is 10.2. The fraction of sp³-hybridized carbons (Fsp3) is 0.250. The molecule has 0 aliphatic heterocycles. The van der Waals surface area contributed by atoms with E-state index >= 15 is 0 Å². The Kier molecular flexibility index (Phi) is 3.47. The Morgan fingerprint density at radius 2 is 2.22 bits per heavy atom. The van der Waals surface area contributed by atoms with Gasteiger partial charge < -0.3 is 9.73 Å². The first kappa shape index (κ1) is 12.8. The van der Waals surface area contributed by atoms with Crippen LogP contribution in [-0.2, 0) is 4.79 Å². The molecule has 6 heteroatoms. The molecule has 94 valence electrons. The maximum atomic E-state index is 11.8. The summed E-state index contributed by atoms with van der Waals surface area (Å²) in [7, 11) is 0. The van der Waals surface area contributed by atoms with E-state index in [1.807, 2.05) is 12.1 Å². The number of hydrogen-bond acceptors (Lipinski definition) is 4. The van der Waals surface area contributed by atoms with E-state index in [2.05, 4.69) is 31.4 Å². The number of anilines is 1. The van der Waals surface area contributed by atoms with Gasteiger partial charge in [0.2, 0.25) is 18.2 Å². The van der Waals surface area contributed by atoms with E-state index in [1.54, 1.807) is 26.0 Å². The van der Waals surface area contributed by atoms with Gasteiger partial charge in [-0.2, -0.15) is 0 Å². The Morgan fingerprint density at radius 1 is 1.44 bits per heavy atom. The van der Waals surface area contributed by atoms with Crippen molar-refractivity contribution in [3.05, 3.63) is 30.7 Å². The Hall–Kier alpha value is -1.69. The molecule has 2 aromatic rings. The lowest BCUT2D eigenvalue weighted by Gasteiger charge is -2.15. The lowest BCUT2D eigenvalue weighted by Crippen LogP contribution is -2.30. The Morgan fingerprint density at radius 3 is 2.83 bits per heavy atom. The second-order valence-corrected chi connectivity index (χ2v) is 6.23. The third kappa shape index (κ3) is 2.95. The first-order valence-electron chi connectivity index (χ1n) is 5.34. The summed E-state index contributed by atoms with van der Waals surface area (Å²) >= 11 is 3.31. The number of alkyl halides is 1. The van der Waals surface area contributed by atoms with Gasteiger partial charge >= 0.3 is 0 Å². The van der Waals surface area contributed by atoms with Crippen molar-refractivity contribution in [2.24, 2.45) is 0 Å². The van der Waals surface area contributed by atoms with Crippen molar-refractivity contribution < 1.29 is 9.21 Å². The standard InChI is InChI=1S/C12H12BrN3O2/c1-12(2,13)11(17)15-9-5-3-4-8(6-9)10-16-14-7-18-10/h3-7H,1-2H3,(H,15,17). The molecule has 5 nitrogen and oxygen atoms in total. The van der Waals surface area contributed by atoms with Gasteiger partial charge in [-0.15, -0.1) is 10.2 Å². The van der Waals surface area contributed by atoms with Crippen LogP contribution in [-0.4, -0.2) is 20.4 Å². The molecule has 1 amide bonds. The van der Waals surface area contributed by atoms with Gasteiger partial charge in [0.15, 0.2) is 0 Å². The molecule has 0 fully saturated rings. The number of nitrogens with one attached hydrogen (secondary N) is 1. The number of aromatic nitrogens is 2. The van der Waals surface area contributed by atoms with Crippen molar-refractivity contribution in [1.29, 1.82) is 0 Å². The fourth-order valence-electron chi connectivity index (χ4n) is 1.31. The molecule has 0 aliphatic carbocycles. The smallest absolute Gasteiger partial charge is 0.247 e. The SMILES string of the molecule is CC(C)(Br)C(=O)Nc1cccc(-c2nnco2)c1. The number of benzene rings is 1. The molecule has 0 radical (unpaired) electrons. The largest absolute Gasteiger partial charge is 0.423 e. The van der Waals surface area contributed by atoms with E-state index in [9.17, 15) is 4.79 Å². The number of carbonyl (C=O) groups excluding carboxylic acids is 1. The monoisotopic (exact) mass is 309 g/mol. The molecule has 18 heavy (non-hydrogen) atoms. The molecular weight excluding hydrogens is 298 g/mol. The van der Waals surface area contributed by atoms with Gasteiger partial charge in [-0.05, 0) is 32.0 Å². The van der Waals surface area contributed by atoms with Crippen LogP contribution in [0.25, 0.3) is 11.5 Å². The molecule has 0 saturated heterocycles. The highest BCUT2D eigenvalue weighted by Gasteiger charge is 2.23. The number of amides is 1. The molecule has 0 unspecified atom stereocenters.